The van der Waals surface area contributed by atoms with Crippen molar-refractivity contribution in [2.75, 3.05) is 5.32 Å². The van der Waals surface area contributed by atoms with E-state index in [1.807, 2.05) is 38.1 Å². The number of aryl methyl sites for hydroxylation is 2. The van der Waals surface area contributed by atoms with Crippen LogP contribution in [0.15, 0.2) is 42.5 Å². The molecule has 0 aliphatic heterocycles. The monoisotopic (exact) mass is 420 g/mol. The van der Waals surface area contributed by atoms with Crippen LogP contribution >= 0.6 is 34.5 Å². The molecule has 27 heavy (non-hydrogen) atoms. The van der Waals surface area contributed by atoms with Gasteiger partial charge in [-0.3, -0.25) is 10.1 Å². The van der Waals surface area contributed by atoms with E-state index in [4.69, 9.17) is 27.9 Å². The molecule has 1 unspecified atom stereocenters. The van der Waals surface area contributed by atoms with Gasteiger partial charge < -0.3 is 4.74 Å². The van der Waals surface area contributed by atoms with E-state index in [1.54, 1.807) is 25.1 Å². The maximum atomic E-state index is 12.5. The van der Waals surface area contributed by atoms with E-state index in [1.165, 1.54) is 11.3 Å². The van der Waals surface area contributed by atoms with Gasteiger partial charge in [0.25, 0.3) is 5.91 Å². The van der Waals surface area contributed by atoms with Crippen LogP contribution in [0.3, 0.4) is 0 Å². The Bertz CT molecular complexity index is 988. The minimum Gasteiger partial charge on any atom is -0.481 e. The van der Waals surface area contributed by atoms with Gasteiger partial charge in [0.05, 0.1) is 5.69 Å². The molecule has 0 spiro atoms. The van der Waals surface area contributed by atoms with E-state index in [2.05, 4.69) is 10.3 Å². The number of halogens is 2. The predicted molar refractivity (Wildman–Crippen MR) is 112 cm³/mol. The van der Waals surface area contributed by atoms with Crippen molar-refractivity contribution in [2.24, 2.45) is 0 Å². The molecule has 7 heteroatoms. The molecule has 4 nitrogen and oxygen atoms in total. The molecule has 1 amide bonds. The first-order valence-electron chi connectivity index (χ1n) is 8.30. The largest absolute Gasteiger partial charge is 0.481 e. The second-order valence-corrected chi connectivity index (χ2v) is 8.17. The highest BCUT2D eigenvalue weighted by molar-refractivity contribution is 7.16. The van der Waals surface area contributed by atoms with E-state index in [-0.39, 0.29) is 5.91 Å². The van der Waals surface area contributed by atoms with Crippen LogP contribution in [0, 0.1) is 13.8 Å². The zero-order valence-electron chi connectivity index (χ0n) is 15.0. The lowest BCUT2D eigenvalue weighted by Gasteiger charge is -2.15. The maximum absolute atomic E-state index is 12.5. The highest BCUT2D eigenvalue weighted by Gasteiger charge is 2.19. The van der Waals surface area contributed by atoms with Crippen molar-refractivity contribution in [1.82, 2.24) is 4.98 Å². The Morgan fingerprint density at radius 2 is 1.89 bits per heavy atom. The number of benzene rings is 2. The van der Waals surface area contributed by atoms with Crippen LogP contribution in [0.25, 0.3) is 11.3 Å². The number of carbonyl (C=O) groups is 1. The van der Waals surface area contributed by atoms with E-state index < -0.39 is 6.10 Å². The van der Waals surface area contributed by atoms with Crippen LogP contribution in [0.5, 0.6) is 5.75 Å². The summed E-state index contributed by atoms with van der Waals surface area (Å²) < 4.78 is 5.76. The van der Waals surface area contributed by atoms with Crippen LogP contribution in [0.4, 0.5) is 5.13 Å². The number of thiazole rings is 1. The van der Waals surface area contributed by atoms with E-state index >= 15 is 0 Å². The second kappa shape index (κ2) is 8.30. The molecule has 0 fully saturated rings. The first-order valence-corrected chi connectivity index (χ1v) is 9.88. The fourth-order valence-corrected chi connectivity index (χ4v) is 3.81. The average Bonchev–Trinajstić information content (AvgIpc) is 2.97. The molecule has 3 rings (SSSR count). The van der Waals surface area contributed by atoms with Gasteiger partial charge in [-0.25, -0.2) is 4.98 Å². The average molecular weight is 421 g/mol. The summed E-state index contributed by atoms with van der Waals surface area (Å²) in [5.41, 5.74) is 2.59. The molecule has 0 saturated heterocycles. The lowest BCUT2D eigenvalue weighted by Crippen LogP contribution is -2.30. The van der Waals surface area contributed by atoms with E-state index in [0.29, 0.717) is 20.9 Å². The number of hydrogen-bond donors (Lipinski definition) is 1. The SMILES string of the molecule is Cc1cc(Cl)ccc1OC(C)C(=O)Nc1nc(-c2cccc(Cl)c2)c(C)s1. The summed E-state index contributed by atoms with van der Waals surface area (Å²) in [4.78, 5) is 18.0. The van der Waals surface area contributed by atoms with Crippen LogP contribution < -0.4 is 10.1 Å². The summed E-state index contributed by atoms with van der Waals surface area (Å²) in [6.07, 6.45) is -0.677. The van der Waals surface area contributed by atoms with Gasteiger partial charge >= 0.3 is 0 Å². The Morgan fingerprint density at radius 1 is 1.15 bits per heavy atom. The zero-order chi connectivity index (χ0) is 19.6. The quantitative estimate of drug-likeness (QED) is 0.538. The fourth-order valence-electron chi connectivity index (χ4n) is 2.55. The number of aromatic nitrogens is 1. The highest BCUT2D eigenvalue weighted by Crippen LogP contribution is 2.31. The number of hydrogen-bond acceptors (Lipinski definition) is 4. The molecule has 3 aromatic rings. The van der Waals surface area contributed by atoms with Gasteiger partial charge in [-0.05, 0) is 56.7 Å². The van der Waals surface area contributed by atoms with Crippen molar-refractivity contribution < 1.29 is 9.53 Å². The number of rotatable bonds is 5. The molecule has 0 saturated carbocycles. The van der Waals surface area contributed by atoms with Gasteiger partial charge in [-0.15, -0.1) is 11.3 Å². The normalized spacial score (nSPS) is 11.9. The zero-order valence-corrected chi connectivity index (χ0v) is 17.4. The van der Waals surface area contributed by atoms with Gasteiger partial charge in [0.2, 0.25) is 0 Å². The second-order valence-electron chi connectivity index (χ2n) is 6.09. The molecule has 0 radical (unpaired) electrons. The Hall–Kier alpha value is -2.08. The Balaban J connectivity index is 1.71. The minimum atomic E-state index is -0.677. The van der Waals surface area contributed by atoms with E-state index in [0.717, 1.165) is 21.7 Å². The lowest BCUT2D eigenvalue weighted by atomic mass is 10.1. The molecule has 140 valence electrons. The summed E-state index contributed by atoms with van der Waals surface area (Å²) in [6.45, 7) is 5.54. The highest BCUT2D eigenvalue weighted by atomic mass is 35.5. The lowest BCUT2D eigenvalue weighted by molar-refractivity contribution is -0.122. The van der Waals surface area contributed by atoms with Crippen molar-refractivity contribution in [3.05, 3.63) is 63.0 Å². The third-order valence-corrected chi connectivity index (χ3v) is 5.29. The number of nitrogens with zero attached hydrogens (tertiary/aromatic N) is 1. The van der Waals surface area contributed by atoms with E-state index in [9.17, 15) is 4.79 Å². The molecule has 1 aromatic heterocycles. The Kier molecular flexibility index (Phi) is 6.05. The Labute approximate surface area is 172 Å². The molecule has 1 N–H and O–H groups in total. The van der Waals surface area contributed by atoms with Crippen LogP contribution in [-0.4, -0.2) is 17.0 Å². The molecule has 0 aliphatic carbocycles. The fraction of sp³-hybridized carbons (Fsp3) is 0.200. The molecule has 0 aliphatic rings. The third-order valence-electron chi connectivity index (χ3n) is 3.93. The molecule has 2 aromatic carbocycles. The van der Waals surface area contributed by atoms with Crippen molar-refractivity contribution in [3.63, 3.8) is 0 Å². The topological polar surface area (TPSA) is 51.2 Å². The first kappa shape index (κ1) is 19.7. The summed E-state index contributed by atoms with van der Waals surface area (Å²) >= 11 is 13.4. The molecule has 0 bridgehead atoms. The van der Waals surface area contributed by atoms with Crippen LogP contribution in [0.2, 0.25) is 10.0 Å². The predicted octanol–water partition coefficient (Wildman–Crippen LogP) is 6.14. The van der Waals surface area contributed by atoms with Crippen molar-refractivity contribution in [1.29, 1.82) is 0 Å². The molecule has 1 atom stereocenters. The maximum Gasteiger partial charge on any atom is 0.266 e. The molecular weight excluding hydrogens is 403 g/mol. The van der Waals surface area contributed by atoms with Gasteiger partial charge in [0.15, 0.2) is 11.2 Å². The Morgan fingerprint density at radius 3 is 2.59 bits per heavy atom. The van der Waals surface area contributed by atoms with Crippen LogP contribution in [-0.2, 0) is 4.79 Å². The van der Waals surface area contributed by atoms with Gasteiger partial charge in [0, 0.05) is 20.5 Å². The summed E-state index contributed by atoms with van der Waals surface area (Å²) in [6, 6.07) is 12.8. The van der Waals surface area contributed by atoms with Gasteiger partial charge in [-0.1, -0.05) is 35.3 Å². The minimum absolute atomic E-state index is 0.268. The number of nitrogens with one attached hydrogen (secondary N) is 1. The first-order chi connectivity index (χ1) is 12.8. The third kappa shape index (κ3) is 4.80. The number of ether oxygens (including phenoxy) is 1. The van der Waals surface area contributed by atoms with Gasteiger partial charge in [-0.2, -0.15) is 0 Å². The number of amides is 1. The number of carbonyl (C=O) groups excluding carboxylic acids is 1. The van der Waals surface area contributed by atoms with Crippen LogP contribution in [0.1, 0.15) is 17.4 Å². The summed E-state index contributed by atoms with van der Waals surface area (Å²) in [7, 11) is 0. The number of anilines is 1. The van der Waals surface area contributed by atoms with Crippen molar-refractivity contribution >= 4 is 45.6 Å². The van der Waals surface area contributed by atoms with Crippen molar-refractivity contribution in [3.8, 4) is 17.0 Å². The summed E-state index contributed by atoms with van der Waals surface area (Å²) in [5, 5.41) is 4.62. The smallest absolute Gasteiger partial charge is 0.266 e. The summed E-state index contributed by atoms with van der Waals surface area (Å²) in [5.74, 6) is 0.354. The molecule has 1 heterocycles. The standard InChI is InChI=1S/C20H18Cl2N2O2S/c1-11-9-16(22)7-8-17(11)26-12(2)19(25)24-20-23-18(13(3)27-20)14-5-4-6-15(21)10-14/h4-10,12H,1-3H3,(H,23,24,25). The van der Waals surface area contributed by atoms with Crippen molar-refractivity contribution in [2.45, 2.75) is 26.9 Å². The van der Waals surface area contributed by atoms with Gasteiger partial charge in [0.1, 0.15) is 5.75 Å². The molecular formula is C20H18Cl2N2O2S.